The number of carbonyl (C=O) groups is 4. The Hall–Kier alpha value is -8.28. The lowest BCUT2D eigenvalue weighted by Crippen LogP contribution is -2.43. The molecule has 4 amide bonds. The van der Waals surface area contributed by atoms with E-state index in [-0.39, 0.29) is 52.9 Å². The summed E-state index contributed by atoms with van der Waals surface area (Å²) in [6, 6.07) is 14.4. The van der Waals surface area contributed by atoms with Gasteiger partial charge in [-0.25, -0.2) is 9.97 Å². The van der Waals surface area contributed by atoms with Gasteiger partial charge in [0.25, 0.3) is 11.8 Å². The molecule has 0 aliphatic heterocycles. The maximum absolute atomic E-state index is 11.9. The van der Waals surface area contributed by atoms with E-state index in [2.05, 4.69) is 66.8 Å². The third-order valence-electron chi connectivity index (χ3n) is 11.1. The summed E-state index contributed by atoms with van der Waals surface area (Å²) in [5.74, 6) is -0.319. The van der Waals surface area contributed by atoms with E-state index in [9.17, 15) is 24.1 Å². The van der Waals surface area contributed by atoms with E-state index in [1.807, 2.05) is 55.5 Å². The maximum Gasteiger partial charge on any atom is 0.254 e. The summed E-state index contributed by atoms with van der Waals surface area (Å²) in [7, 11) is 0. The van der Waals surface area contributed by atoms with Crippen LogP contribution in [-0.4, -0.2) is 109 Å². The number of anilines is 6. The molecular weight excluding hydrogens is 887 g/mol. The van der Waals surface area contributed by atoms with Crippen LogP contribution < -0.4 is 38.5 Å². The van der Waals surface area contributed by atoms with Crippen molar-refractivity contribution in [3.8, 4) is 11.4 Å². The number of carbonyl (C=O) groups excluding carboxylic acids is 4. The first kappa shape index (κ1) is 50.1. The number of rotatable bonds is 15. The van der Waals surface area contributed by atoms with Crippen LogP contribution in [0.15, 0.2) is 90.9 Å². The van der Waals surface area contributed by atoms with Crippen molar-refractivity contribution < 1.29 is 19.2 Å². The number of benzene rings is 2. The molecule has 2 saturated carbocycles. The number of imide groups is 1. The Bertz CT molecular complexity index is 2650. The Labute approximate surface area is 397 Å². The van der Waals surface area contributed by atoms with Crippen LogP contribution in [0.5, 0.6) is 0 Å². The molecule has 2 aliphatic rings. The van der Waals surface area contributed by atoms with Gasteiger partial charge in [0.05, 0.1) is 42.2 Å². The largest absolute Gasteiger partial charge is 0.365 e. The van der Waals surface area contributed by atoms with E-state index in [0.29, 0.717) is 35.6 Å². The molecule has 0 saturated heterocycles. The number of primary amides is 2. The lowest BCUT2D eigenvalue weighted by molar-refractivity contribution is -0.142. The highest BCUT2D eigenvalue weighted by Crippen LogP contribution is 2.27. The fourth-order valence-electron chi connectivity index (χ4n) is 7.68. The minimum Gasteiger partial charge on any atom is -0.365 e. The molecule has 4 heterocycles. The van der Waals surface area contributed by atoms with E-state index in [1.54, 1.807) is 24.8 Å². The zero-order valence-electron chi connectivity index (χ0n) is 38.6. The van der Waals surface area contributed by atoms with Gasteiger partial charge in [0, 0.05) is 56.2 Å². The van der Waals surface area contributed by atoms with Crippen molar-refractivity contribution in [3.05, 3.63) is 102 Å². The van der Waals surface area contributed by atoms with E-state index in [4.69, 9.17) is 17.2 Å². The van der Waals surface area contributed by atoms with Gasteiger partial charge in [0.15, 0.2) is 0 Å². The van der Waals surface area contributed by atoms with Gasteiger partial charge in [0.1, 0.15) is 28.8 Å². The van der Waals surface area contributed by atoms with Crippen LogP contribution in [-0.2, 0) is 9.59 Å². The smallest absolute Gasteiger partial charge is 0.254 e. The van der Waals surface area contributed by atoms with Crippen molar-refractivity contribution in [3.63, 3.8) is 0 Å². The predicted molar refractivity (Wildman–Crippen MR) is 258 cm³/mol. The van der Waals surface area contributed by atoms with Crippen LogP contribution in [0, 0.1) is 4.91 Å². The van der Waals surface area contributed by atoms with Crippen LogP contribution in [0.4, 0.5) is 34.9 Å². The molecule has 362 valence electrons. The molecule has 6 aromatic rings. The lowest BCUT2D eigenvalue weighted by atomic mass is 9.91. The Morgan fingerprint density at radius 1 is 0.681 bits per heavy atom. The lowest BCUT2D eigenvalue weighted by Gasteiger charge is -2.29. The zero-order valence-corrected chi connectivity index (χ0v) is 38.6. The molecule has 10 N–H and O–H groups in total. The number of nitrogens with two attached hydrogens (primary N) is 3. The minimum atomic E-state index is -0.654. The summed E-state index contributed by atoms with van der Waals surface area (Å²) in [4.78, 5) is 77.8. The molecule has 24 heteroatoms. The molecule has 69 heavy (non-hydrogen) atoms. The third-order valence-corrected chi connectivity index (χ3v) is 11.1. The highest BCUT2D eigenvalue weighted by Gasteiger charge is 2.27. The predicted octanol–water partition coefficient (Wildman–Crippen LogP) is 4.76. The highest BCUT2D eigenvalue weighted by molar-refractivity contribution is 5.99. The number of nitroso groups, excluding NO2 is 1. The van der Waals surface area contributed by atoms with E-state index >= 15 is 0 Å². The zero-order chi connectivity index (χ0) is 49.3. The standard InChI is InChI=1S/C19H21N9O2.C19H23N9O.C7H13NO2/c20-17(29)14-11-21-19(25-15-6-1-2-7-16(15)27-30)26-18(14)24-12-4-3-5-13(10-12)28-22-8-9-23-28;20-15-6-1-2-7-16(15)26-19-22-11-14(17(21)29)18(27-19)25-12-4-3-5-13(10-12)28-23-8-9-24-28;1-4-5-8(6(2)9)7(3)10/h3-5,8-11,15-16H,1-2,6-7H2,(H2,20,29)(H2,21,24,25,26);3-5,8-11,15-16H,1-2,6-7,20H2,(H2,21,29)(H2,22,25,26,27);4-5H2,1-3H3/t2*15-,16+;/m10./s1. The van der Waals surface area contributed by atoms with Crippen LogP contribution in [0.3, 0.4) is 0 Å². The average molecular weight is 944 g/mol. The van der Waals surface area contributed by atoms with E-state index in [1.165, 1.54) is 40.7 Å². The summed E-state index contributed by atoms with van der Waals surface area (Å²) < 4.78 is 0. The monoisotopic (exact) mass is 943 g/mol. The van der Waals surface area contributed by atoms with Crippen molar-refractivity contribution >= 4 is 58.5 Å². The van der Waals surface area contributed by atoms with E-state index in [0.717, 1.165) is 69.2 Å². The van der Waals surface area contributed by atoms with Crippen LogP contribution in [0.2, 0.25) is 0 Å². The molecule has 0 radical (unpaired) electrons. The Balaban J connectivity index is 0.000000190. The van der Waals surface area contributed by atoms with Gasteiger partial charge in [0.2, 0.25) is 23.7 Å². The van der Waals surface area contributed by atoms with Gasteiger partial charge in [-0.3, -0.25) is 24.1 Å². The molecule has 2 aromatic carbocycles. The molecule has 4 aromatic heterocycles. The first-order valence-corrected chi connectivity index (χ1v) is 22.5. The van der Waals surface area contributed by atoms with Crippen molar-refractivity contribution in [2.24, 2.45) is 22.4 Å². The number of hydrogen-bond donors (Lipinski definition) is 7. The number of nitrogens with zero attached hydrogens (tertiary/aromatic N) is 12. The van der Waals surface area contributed by atoms with Crippen molar-refractivity contribution in [2.45, 2.75) is 103 Å². The van der Waals surface area contributed by atoms with Crippen LogP contribution >= 0.6 is 0 Å². The Morgan fingerprint density at radius 3 is 1.55 bits per heavy atom. The second kappa shape index (κ2) is 24.5. The summed E-state index contributed by atoms with van der Waals surface area (Å²) in [6.07, 6.45) is 17.7. The van der Waals surface area contributed by atoms with Crippen molar-refractivity contribution in [1.82, 2.24) is 54.8 Å². The molecule has 8 rings (SSSR count). The highest BCUT2D eigenvalue weighted by atomic mass is 16.3. The SMILES string of the molecule is CCCN(C(C)=O)C(C)=O.NC(=O)c1cnc(N[C@@H]2CCCC[C@@H]2N)nc1Nc1cccc(-n2nccn2)c1.NC(=O)c1cnc(N[C@@H]2CCCC[C@@H]2N=O)nc1Nc1cccc(-n2nccn2)c1. The van der Waals surface area contributed by atoms with Gasteiger partial charge in [-0.1, -0.05) is 49.9 Å². The first-order chi connectivity index (χ1) is 33.3. The van der Waals surface area contributed by atoms with Gasteiger partial charge < -0.3 is 38.5 Å². The molecule has 4 atom stereocenters. The summed E-state index contributed by atoms with van der Waals surface area (Å²) in [5.41, 5.74) is 20.4. The number of nitrogens with one attached hydrogen (secondary N) is 4. The Morgan fingerprint density at radius 2 is 1.13 bits per heavy atom. The third kappa shape index (κ3) is 14.1. The molecule has 0 bridgehead atoms. The molecule has 0 unspecified atom stereocenters. The normalized spacial score (nSPS) is 17.3. The number of aromatic nitrogens is 10. The topological polar surface area (TPSA) is 340 Å². The van der Waals surface area contributed by atoms with E-state index < -0.39 is 11.8 Å². The number of hydrogen-bond acceptors (Lipinski definition) is 19. The molecule has 0 spiro atoms. The second-order valence-corrected chi connectivity index (χ2v) is 16.2. The fourth-order valence-corrected chi connectivity index (χ4v) is 7.68. The summed E-state index contributed by atoms with van der Waals surface area (Å²) in [6.45, 7) is 5.26. The van der Waals surface area contributed by atoms with Gasteiger partial charge >= 0.3 is 0 Å². The molecule has 24 nitrogen and oxygen atoms in total. The number of amides is 4. The van der Waals surface area contributed by atoms with Crippen LogP contribution in [0.25, 0.3) is 11.4 Å². The summed E-state index contributed by atoms with van der Waals surface area (Å²) >= 11 is 0. The van der Waals surface area contributed by atoms with Gasteiger partial charge in [-0.15, -0.1) is 0 Å². The first-order valence-electron chi connectivity index (χ1n) is 22.5. The van der Waals surface area contributed by atoms with Gasteiger partial charge in [-0.05, 0) is 68.5 Å². The fraction of sp³-hybridized carbons (Fsp3) is 0.378. The van der Waals surface area contributed by atoms with Crippen molar-refractivity contribution in [2.75, 3.05) is 27.8 Å². The molecule has 2 aliphatic carbocycles. The Kier molecular flexibility index (Phi) is 17.8. The van der Waals surface area contributed by atoms with Crippen molar-refractivity contribution in [1.29, 1.82) is 0 Å². The summed E-state index contributed by atoms with van der Waals surface area (Å²) in [5, 5.41) is 32.4. The molecule has 2 fully saturated rings. The maximum atomic E-state index is 11.9. The molecular formula is C45H57N19O5. The second-order valence-electron chi connectivity index (χ2n) is 16.2. The average Bonchev–Trinajstić information content (AvgIpc) is 4.09. The van der Waals surface area contributed by atoms with Gasteiger partial charge in [-0.2, -0.15) is 44.9 Å². The van der Waals surface area contributed by atoms with Crippen LogP contribution in [0.1, 0.15) is 99.3 Å². The minimum absolute atomic E-state index is 0.0535. The quantitative estimate of drug-likeness (QED) is 0.0682.